The molecular weight excluding hydrogens is 438 g/mol. The summed E-state index contributed by atoms with van der Waals surface area (Å²) in [5.74, 6) is -0.733. The highest BCUT2D eigenvalue weighted by molar-refractivity contribution is 7.89. The van der Waals surface area contributed by atoms with Crippen LogP contribution < -0.4 is 21.5 Å². The molecule has 0 saturated heterocycles. The predicted molar refractivity (Wildman–Crippen MR) is 112 cm³/mol. The Balaban J connectivity index is 1.95. The van der Waals surface area contributed by atoms with E-state index < -0.39 is 37.6 Å². The lowest BCUT2D eigenvalue weighted by Crippen LogP contribution is -2.43. The van der Waals surface area contributed by atoms with Gasteiger partial charge in [0.25, 0.3) is 20.9 Å². The highest BCUT2D eigenvalue weighted by atomic mass is 35.5. The lowest BCUT2D eigenvalue weighted by atomic mass is 9.92. The second kappa shape index (κ2) is 8.52. The molecular formula is C18H22ClN3O7S. The number of aliphatic hydroxyl groups excluding tert-OH is 1. The minimum atomic E-state index is -4.29. The van der Waals surface area contributed by atoms with Crippen LogP contribution in [0, 0.1) is 0 Å². The van der Waals surface area contributed by atoms with Crippen LogP contribution in [0.4, 0.5) is 17.1 Å². The molecule has 0 aromatic heterocycles. The SMILES string of the molecule is CON(C)S(=O)(=O)c1c(Cl)ccc(Nc2c(N[C@H]3CCCC[C@@H]3O)c(=O)c2=O)c1O. The first-order valence-electron chi connectivity index (χ1n) is 9.19. The van der Waals surface area contributed by atoms with Crippen molar-refractivity contribution in [1.82, 2.24) is 4.47 Å². The van der Waals surface area contributed by atoms with Crippen molar-refractivity contribution in [2.45, 2.75) is 42.7 Å². The largest absolute Gasteiger partial charge is 0.504 e. The fraction of sp³-hybridized carbons (Fsp3) is 0.444. The van der Waals surface area contributed by atoms with Crippen LogP contribution in [0.25, 0.3) is 0 Å². The molecule has 1 fully saturated rings. The lowest BCUT2D eigenvalue weighted by molar-refractivity contribution is -0.0259. The maximum absolute atomic E-state index is 12.6. The van der Waals surface area contributed by atoms with Gasteiger partial charge in [-0.2, -0.15) is 0 Å². The molecule has 10 nitrogen and oxygen atoms in total. The van der Waals surface area contributed by atoms with Crippen molar-refractivity contribution in [3.63, 3.8) is 0 Å². The zero-order valence-corrected chi connectivity index (χ0v) is 17.9. The van der Waals surface area contributed by atoms with Gasteiger partial charge in [-0.15, -0.1) is 0 Å². The van der Waals surface area contributed by atoms with Crippen LogP contribution in [0.2, 0.25) is 5.02 Å². The van der Waals surface area contributed by atoms with Gasteiger partial charge in [0, 0.05) is 7.05 Å². The molecule has 2 aromatic rings. The first-order chi connectivity index (χ1) is 14.1. The Kier molecular flexibility index (Phi) is 6.39. The van der Waals surface area contributed by atoms with Crippen molar-refractivity contribution < 1.29 is 23.5 Å². The normalized spacial score (nSPS) is 19.9. The van der Waals surface area contributed by atoms with Gasteiger partial charge in [-0.05, 0) is 25.0 Å². The average Bonchev–Trinajstić information content (AvgIpc) is 2.72. The Morgan fingerprint density at radius 1 is 1.17 bits per heavy atom. The maximum atomic E-state index is 12.6. The molecule has 2 atom stereocenters. The Labute approximate surface area is 177 Å². The summed E-state index contributed by atoms with van der Waals surface area (Å²) < 4.78 is 25.6. The number of hydroxylamine groups is 1. The third kappa shape index (κ3) is 3.91. The van der Waals surface area contributed by atoms with Crippen molar-refractivity contribution in [3.8, 4) is 5.75 Å². The third-order valence-electron chi connectivity index (χ3n) is 5.17. The summed E-state index contributed by atoms with van der Waals surface area (Å²) in [6, 6.07) is 2.12. The maximum Gasteiger partial charge on any atom is 0.269 e. The number of benzene rings is 1. The van der Waals surface area contributed by atoms with Crippen molar-refractivity contribution in [1.29, 1.82) is 0 Å². The van der Waals surface area contributed by atoms with Gasteiger partial charge in [0.05, 0.1) is 30.0 Å². The quantitative estimate of drug-likeness (QED) is 0.273. The summed E-state index contributed by atoms with van der Waals surface area (Å²) in [6.45, 7) is 0. The predicted octanol–water partition coefficient (Wildman–Crippen LogP) is 1.28. The molecule has 0 aliphatic heterocycles. The van der Waals surface area contributed by atoms with Gasteiger partial charge >= 0.3 is 0 Å². The molecule has 0 radical (unpaired) electrons. The number of phenolic OH excluding ortho intramolecular Hbond substituents is 1. The molecule has 0 heterocycles. The molecule has 2 aromatic carbocycles. The summed E-state index contributed by atoms with van der Waals surface area (Å²) in [5, 5.41) is 25.9. The number of aliphatic hydroxyl groups is 1. The van der Waals surface area contributed by atoms with E-state index in [1.165, 1.54) is 12.1 Å². The molecule has 1 saturated carbocycles. The number of aromatic hydroxyl groups is 1. The van der Waals surface area contributed by atoms with Crippen LogP contribution >= 0.6 is 11.6 Å². The smallest absolute Gasteiger partial charge is 0.269 e. The van der Waals surface area contributed by atoms with Crippen molar-refractivity contribution in [3.05, 3.63) is 37.6 Å². The molecule has 0 amide bonds. The van der Waals surface area contributed by atoms with E-state index in [0.717, 1.165) is 27.0 Å². The Morgan fingerprint density at radius 2 is 1.80 bits per heavy atom. The molecule has 4 N–H and O–H groups in total. The van der Waals surface area contributed by atoms with E-state index in [0.29, 0.717) is 17.3 Å². The summed E-state index contributed by atoms with van der Waals surface area (Å²) in [6.07, 6.45) is 2.32. The Hall–Kier alpha value is -2.18. The standard InChI is InChI=1S/C18H22ClN3O7S/c1-22(29-2)30(27,28)18-9(19)7-8-11(15(18)24)21-14-13(16(25)17(14)26)20-10-5-3-4-6-12(10)23/h7-8,10,12,20-21,23-24H,3-6H2,1-2H3/t10-,12-/m0/s1. The molecule has 30 heavy (non-hydrogen) atoms. The minimum absolute atomic E-state index is 0.0151. The second-order valence-corrected chi connectivity index (χ2v) is 9.29. The van der Waals surface area contributed by atoms with Crippen LogP contribution in [-0.2, 0) is 14.9 Å². The first kappa shape index (κ1) is 22.5. The molecule has 1 aliphatic carbocycles. The number of hydrogen-bond acceptors (Lipinski definition) is 9. The number of nitrogens with one attached hydrogen (secondary N) is 2. The summed E-state index contributed by atoms with van der Waals surface area (Å²) in [4.78, 5) is 28.2. The number of hydrogen-bond donors (Lipinski definition) is 4. The second-order valence-electron chi connectivity index (χ2n) is 7.01. The minimum Gasteiger partial charge on any atom is -0.504 e. The van der Waals surface area contributed by atoms with Gasteiger partial charge in [0.15, 0.2) is 5.75 Å². The Morgan fingerprint density at radius 3 is 2.43 bits per heavy atom. The molecule has 0 spiro atoms. The van der Waals surface area contributed by atoms with Gasteiger partial charge in [-0.1, -0.05) is 28.9 Å². The summed E-state index contributed by atoms with van der Waals surface area (Å²) in [7, 11) is -2.04. The monoisotopic (exact) mass is 459 g/mol. The number of sulfonamides is 1. The van der Waals surface area contributed by atoms with E-state index in [9.17, 15) is 28.2 Å². The van der Waals surface area contributed by atoms with Gasteiger partial charge in [-0.25, -0.2) is 8.42 Å². The van der Waals surface area contributed by atoms with Crippen LogP contribution in [0.5, 0.6) is 5.75 Å². The first-order valence-corrected chi connectivity index (χ1v) is 11.0. The summed E-state index contributed by atoms with van der Waals surface area (Å²) in [5.41, 5.74) is -1.86. The number of nitrogens with zero attached hydrogens (tertiary/aromatic N) is 1. The van der Waals surface area contributed by atoms with E-state index in [1.54, 1.807) is 0 Å². The lowest BCUT2D eigenvalue weighted by Gasteiger charge is -2.30. The fourth-order valence-electron chi connectivity index (χ4n) is 3.37. The van der Waals surface area contributed by atoms with Crippen LogP contribution in [0.1, 0.15) is 25.7 Å². The molecule has 0 unspecified atom stereocenters. The highest BCUT2D eigenvalue weighted by Gasteiger charge is 2.32. The van der Waals surface area contributed by atoms with Crippen molar-refractivity contribution in [2.75, 3.05) is 24.8 Å². The van der Waals surface area contributed by atoms with Gasteiger partial charge in [-0.3, -0.25) is 14.4 Å². The molecule has 3 rings (SSSR count). The van der Waals surface area contributed by atoms with E-state index in [1.807, 2.05) is 0 Å². The zero-order chi connectivity index (χ0) is 22.2. The van der Waals surface area contributed by atoms with Crippen molar-refractivity contribution >= 4 is 38.7 Å². The van der Waals surface area contributed by atoms with Crippen LogP contribution in [0.3, 0.4) is 0 Å². The van der Waals surface area contributed by atoms with Crippen LogP contribution in [0.15, 0.2) is 26.6 Å². The van der Waals surface area contributed by atoms with E-state index in [4.69, 9.17) is 11.6 Å². The molecule has 1 aliphatic rings. The zero-order valence-electron chi connectivity index (χ0n) is 16.3. The Bertz CT molecular complexity index is 1130. The van der Waals surface area contributed by atoms with E-state index in [2.05, 4.69) is 15.5 Å². The number of halogens is 1. The third-order valence-corrected chi connectivity index (χ3v) is 7.35. The van der Waals surface area contributed by atoms with Crippen LogP contribution in [-0.4, -0.2) is 49.4 Å². The fourth-order valence-corrected chi connectivity index (χ4v) is 4.93. The molecule has 12 heteroatoms. The van der Waals surface area contributed by atoms with Gasteiger partial charge in [0.1, 0.15) is 16.3 Å². The van der Waals surface area contributed by atoms with Gasteiger partial charge < -0.3 is 20.8 Å². The number of rotatable bonds is 7. The van der Waals surface area contributed by atoms with Crippen molar-refractivity contribution in [2.24, 2.45) is 0 Å². The van der Waals surface area contributed by atoms with E-state index in [-0.39, 0.29) is 28.1 Å². The number of anilines is 3. The average molecular weight is 460 g/mol. The molecule has 0 bridgehead atoms. The summed E-state index contributed by atoms with van der Waals surface area (Å²) >= 11 is 5.97. The van der Waals surface area contributed by atoms with E-state index >= 15 is 0 Å². The highest BCUT2D eigenvalue weighted by Crippen LogP contribution is 2.40. The van der Waals surface area contributed by atoms with Gasteiger partial charge in [0.2, 0.25) is 0 Å². The number of phenols is 1. The topological polar surface area (TPSA) is 145 Å². The molecule has 164 valence electrons.